The molecule has 0 aromatic heterocycles. The Morgan fingerprint density at radius 1 is 1.19 bits per heavy atom. The first kappa shape index (κ1) is 16.8. The Kier molecular flexibility index (Phi) is 5.67. The molecular weight excluding hydrogens is 376 g/mol. The highest BCUT2D eigenvalue weighted by atomic mass is 79.9. The van der Waals surface area contributed by atoms with Crippen molar-refractivity contribution in [3.05, 3.63) is 67.4 Å². The Labute approximate surface area is 142 Å². The van der Waals surface area contributed by atoms with Crippen molar-refractivity contribution in [3.63, 3.8) is 0 Å². The molecule has 2 aromatic carbocycles. The van der Waals surface area contributed by atoms with Gasteiger partial charge in [-0.3, -0.25) is 0 Å². The van der Waals surface area contributed by atoms with Gasteiger partial charge in [-0.15, -0.1) is 0 Å². The van der Waals surface area contributed by atoms with Crippen molar-refractivity contribution in [2.24, 2.45) is 0 Å². The average Bonchev–Trinajstić information content (AvgIpc) is 2.39. The van der Waals surface area contributed by atoms with Crippen molar-refractivity contribution >= 4 is 39.1 Å². The van der Waals surface area contributed by atoms with Crippen LogP contribution in [0.5, 0.6) is 0 Å². The SMILES string of the molecule is CCNC(c1cc(C)cc(Cl)c1)c1cc(Cl)c(Br)cc1F. The summed E-state index contributed by atoms with van der Waals surface area (Å²) in [6, 6.07) is 8.45. The molecule has 2 aromatic rings. The van der Waals surface area contributed by atoms with Gasteiger partial charge in [0.1, 0.15) is 5.82 Å². The number of hydrogen-bond acceptors (Lipinski definition) is 1. The average molecular weight is 391 g/mol. The van der Waals surface area contributed by atoms with Crippen LogP contribution in [0, 0.1) is 12.7 Å². The summed E-state index contributed by atoms with van der Waals surface area (Å²) >= 11 is 15.5. The smallest absolute Gasteiger partial charge is 0.129 e. The molecule has 0 saturated heterocycles. The van der Waals surface area contributed by atoms with Crippen molar-refractivity contribution in [1.82, 2.24) is 5.32 Å². The maximum Gasteiger partial charge on any atom is 0.129 e. The molecule has 0 aliphatic heterocycles. The molecule has 0 heterocycles. The van der Waals surface area contributed by atoms with Gasteiger partial charge in [-0.25, -0.2) is 4.39 Å². The van der Waals surface area contributed by atoms with E-state index >= 15 is 0 Å². The van der Waals surface area contributed by atoms with E-state index in [1.165, 1.54) is 6.07 Å². The van der Waals surface area contributed by atoms with E-state index in [1.807, 2.05) is 32.0 Å². The third-order valence-corrected chi connectivity index (χ3v) is 4.57. The predicted octanol–water partition coefficient (Wildman–Crippen LogP) is 5.90. The molecular formula is C16H15BrCl2FN. The first-order valence-electron chi connectivity index (χ1n) is 6.57. The van der Waals surface area contributed by atoms with Crippen molar-refractivity contribution < 1.29 is 4.39 Å². The minimum atomic E-state index is -0.310. The summed E-state index contributed by atoms with van der Waals surface area (Å²) < 4.78 is 14.9. The van der Waals surface area contributed by atoms with Crippen LogP contribution in [0.1, 0.15) is 29.7 Å². The molecule has 0 spiro atoms. The number of benzene rings is 2. The molecule has 0 amide bonds. The molecule has 1 unspecified atom stereocenters. The fourth-order valence-corrected chi connectivity index (χ4v) is 3.09. The summed E-state index contributed by atoms with van der Waals surface area (Å²) in [6.07, 6.45) is 0. The first-order chi connectivity index (χ1) is 9.92. The number of hydrogen-bond donors (Lipinski definition) is 1. The number of rotatable bonds is 4. The molecule has 0 aliphatic carbocycles. The van der Waals surface area contributed by atoms with Crippen molar-refractivity contribution in [1.29, 1.82) is 0 Å². The van der Waals surface area contributed by atoms with Crippen molar-refractivity contribution in [3.8, 4) is 0 Å². The lowest BCUT2D eigenvalue weighted by Crippen LogP contribution is -2.23. The second-order valence-corrected chi connectivity index (χ2v) is 6.54. The maximum atomic E-state index is 14.3. The third-order valence-electron chi connectivity index (χ3n) is 3.16. The van der Waals surface area contributed by atoms with Gasteiger partial charge in [0.25, 0.3) is 0 Å². The van der Waals surface area contributed by atoms with E-state index < -0.39 is 0 Å². The summed E-state index contributed by atoms with van der Waals surface area (Å²) in [4.78, 5) is 0. The molecule has 0 fully saturated rings. The molecule has 0 radical (unpaired) electrons. The van der Waals surface area contributed by atoms with Gasteiger partial charge in [0.05, 0.1) is 11.1 Å². The van der Waals surface area contributed by atoms with E-state index in [0.717, 1.165) is 11.1 Å². The summed E-state index contributed by atoms with van der Waals surface area (Å²) in [5.74, 6) is -0.310. The van der Waals surface area contributed by atoms with Gasteiger partial charge in [0.2, 0.25) is 0 Å². The predicted molar refractivity (Wildman–Crippen MR) is 90.8 cm³/mol. The minimum absolute atomic E-state index is 0.294. The second kappa shape index (κ2) is 7.10. The van der Waals surface area contributed by atoms with Gasteiger partial charge in [-0.1, -0.05) is 36.2 Å². The van der Waals surface area contributed by atoms with Crippen LogP contribution in [0.4, 0.5) is 4.39 Å². The molecule has 0 bridgehead atoms. The van der Waals surface area contributed by atoms with E-state index in [2.05, 4.69) is 21.2 Å². The molecule has 1 N–H and O–H groups in total. The number of halogens is 4. The van der Waals surface area contributed by atoms with Gasteiger partial charge in [0, 0.05) is 15.1 Å². The summed E-state index contributed by atoms with van der Waals surface area (Å²) in [7, 11) is 0. The fourth-order valence-electron chi connectivity index (χ4n) is 2.30. The second-order valence-electron chi connectivity index (χ2n) is 4.84. The van der Waals surface area contributed by atoms with Gasteiger partial charge in [0.15, 0.2) is 0 Å². The fraction of sp³-hybridized carbons (Fsp3) is 0.250. The van der Waals surface area contributed by atoms with Gasteiger partial charge < -0.3 is 5.32 Å². The standard InChI is InChI=1S/C16H15BrCl2FN/c1-3-21-16(10-4-9(2)5-11(18)6-10)12-7-14(19)13(17)8-15(12)20/h4-8,16,21H,3H2,1-2H3. The highest BCUT2D eigenvalue weighted by Crippen LogP contribution is 2.32. The zero-order valence-electron chi connectivity index (χ0n) is 11.7. The first-order valence-corrected chi connectivity index (χ1v) is 8.12. The summed E-state index contributed by atoms with van der Waals surface area (Å²) in [5, 5.41) is 4.40. The lowest BCUT2D eigenvalue weighted by atomic mass is 9.97. The quantitative estimate of drug-likeness (QED) is 0.640. The van der Waals surface area contributed by atoms with Crippen LogP contribution in [0.25, 0.3) is 0 Å². The van der Waals surface area contributed by atoms with Gasteiger partial charge in [-0.05, 0) is 64.8 Å². The van der Waals surface area contributed by atoms with Crippen LogP contribution >= 0.6 is 39.1 Å². The van der Waals surface area contributed by atoms with Crippen LogP contribution in [-0.4, -0.2) is 6.54 Å². The van der Waals surface area contributed by atoms with Gasteiger partial charge in [-0.2, -0.15) is 0 Å². The molecule has 5 heteroatoms. The number of nitrogens with one attached hydrogen (secondary N) is 1. The lowest BCUT2D eigenvalue weighted by molar-refractivity contribution is 0.558. The minimum Gasteiger partial charge on any atom is -0.306 e. The molecule has 0 saturated carbocycles. The molecule has 1 nitrogen and oxygen atoms in total. The van der Waals surface area contributed by atoms with E-state index in [0.29, 0.717) is 26.6 Å². The van der Waals surface area contributed by atoms with Crippen molar-refractivity contribution in [2.45, 2.75) is 19.9 Å². The monoisotopic (exact) mass is 389 g/mol. The number of aryl methyl sites for hydroxylation is 1. The highest BCUT2D eigenvalue weighted by molar-refractivity contribution is 9.10. The maximum absolute atomic E-state index is 14.3. The Morgan fingerprint density at radius 2 is 1.90 bits per heavy atom. The van der Waals surface area contributed by atoms with Crippen molar-refractivity contribution in [2.75, 3.05) is 6.54 Å². The molecule has 2 rings (SSSR count). The van der Waals surface area contributed by atoms with Crippen LogP contribution in [0.15, 0.2) is 34.8 Å². The molecule has 112 valence electrons. The van der Waals surface area contributed by atoms with E-state index in [4.69, 9.17) is 23.2 Å². The topological polar surface area (TPSA) is 12.0 Å². The third kappa shape index (κ3) is 3.98. The van der Waals surface area contributed by atoms with Crippen LogP contribution in [-0.2, 0) is 0 Å². The van der Waals surface area contributed by atoms with E-state index in [1.54, 1.807) is 6.07 Å². The zero-order chi connectivity index (χ0) is 15.6. The van der Waals surface area contributed by atoms with Crippen LogP contribution < -0.4 is 5.32 Å². The van der Waals surface area contributed by atoms with Crippen LogP contribution in [0.3, 0.4) is 0 Å². The highest BCUT2D eigenvalue weighted by Gasteiger charge is 2.19. The largest absolute Gasteiger partial charge is 0.306 e. The Balaban J connectivity index is 2.55. The Morgan fingerprint density at radius 3 is 2.52 bits per heavy atom. The molecule has 0 aliphatic rings. The molecule has 21 heavy (non-hydrogen) atoms. The van der Waals surface area contributed by atoms with Gasteiger partial charge >= 0.3 is 0 Å². The van der Waals surface area contributed by atoms with E-state index in [-0.39, 0.29) is 11.9 Å². The molecule has 1 atom stereocenters. The summed E-state index contributed by atoms with van der Waals surface area (Å²) in [6.45, 7) is 4.63. The van der Waals surface area contributed by atoms with Crippen LogP contribution in [0.2, 0.25) is 10.0 Å². The Hall–Kier alpha value is -0.610. The Bertz CT molecular complexity index is 641. The van der Waals surface area contributed by atoms with E-state index in [9.17, 15) is 4.39 Å². The zero-order valence-corrected chi connectivity index (χ0v) is 14.8. The normalized spacial score (nSPS) is 12.5. The lowest BCUT2D eigenvalue weighted by Gasteiger charge is -2.21. The summed E-state index contributed by atoms with van der Waals surface area (Å²) in [5.41, 5.74) is 2.45.